The Morgan fingerprint density at radius 2 is 0.574 bits per heavy atom. The highest BCUT2D eigenvalue weighted by atomic mass is 19.4. The number of nitrogens with zero attached hydrogens (tertiary/aromatic N) is 1. The minimum Gasteiger partial charge on any atom is -0.406 e. The second-order valence-corrected chi connectivity index (χ2v) is 12.3. The van der Waals surface area contributed by atoms with Crippen LogP contribution < -0.4 is 14.4 Å². The Morgan fingerprint density at radius 1 is 0.352 bits per heavy atom. The second kappa shape index (κ2) is 16.5. The Labute approximate surface area is 309 Å². The van der Waals surface area contributed by atoms with Crippen molar-refractivity contribution < 1.29 is 35.8 Å². The summed E-state index contributed by atoms with van der Waals surface area (Å²) in [5, 5.41) is 0. The van der Waals surface area contributed by atoms with Gasteiger partial charge in [-0.3, -0.25) is 0 Å². The van der Waals surface area contributed by atoms with E-state index in [9.17, 15) is 26.3 Å². The molecule has 9 heteroatoms. The lowest BCUT2D eigenvalue weighted by atomic mass is 10.1. The van der Waals surface area contributed by atoms with Crippen LogP contribution >= 0.6 is 0 Å². The van der Waals surface area contributed by atoms with Crippen molar-refractivity contribution in [1.82, 2.24) is 0 Å². The van der Waals surface area contributed by atoms with Crippen LogP contribution in [0.3, 0.4) is 0 Å². The maximum atomic E-state index is 12.5. The summed E-state index contributed by atoms with van der Waals surface area (Å²) in [4.78, 5) is 2.12. The predicted octanol–water partition coefficient (Wildman–Crippen LogP) is 13.8. The summed E-state index contributed by atoms with van der Waals surface area (Å²) in [7, 11) is 0. The molecule has 0 aliphatic rings. The lowest BCUT2D eigenvalue weighted by Gasteiger charge is -2.26. The zero-order chi connectivity index (χ0) is 38.1. The van der Waals surface area contributed by atoms with Gasteiger partial charge in [0, 0.05) is 17.1 Å². The fourth-order valence-corrected chi connectivity index (χ4v) is 5.47. The summed E-state index contributed by atoms with van der Waals surface area (Å²) in [5.74, 6) is -0.562. The highest BCUT2D eigenvalue weighted by Gasteiger charge is 2.31. The zero-order valence-electron chi connectivity index (χ0n) is 28.9. The van der Waals surface area contributed by atoms with E-state index in [0.29, 0.717) is 11.1 Å². The molecule has 0 spiro atoms. The fraction of sp³-hybridized carbons (Fsp3) is 0.0667. The van der Waals surface area contributed by atoms with Gasteiger partial charge in [0.15, 0.2) is 0 Å². The van der Waals surface area contributed by atoms with Crippen molar-refractivity contribution in [2.75, 3.05) is 4.90 Å². The third-order valence-electron chi connectivity index (χ3n) is 8.16. The molecule has 0 amide bonds. The maximum Gasteiger partial charge on any atom is 0.573 e. The van der Waals surface area contributed by atoms with E-state index in [4.69, 9.17) is 0 Å². The monoisotopic (exact) mass is 733 g/mol. The molecule has 0 radical (unpaired) electrons. The van der Waals surface area contributed by atoms with Gasteiger partial charge in [-0.25, -0.2) is 0 Å². The standard InChI is InChI=1S/C45H33F6NO2/c1-32-2-4-33(5-3-32)6-7-34-12-22-39(23-13-34)52(40-24-14-35(15-25-40)8-10-37-18-28-42(29-19-37)53-44(46,47)48)41-26-16-36(17-27-41)9-11-38-20-30-43(31-21-38)54-45(49,50)51/h2-31H,1H3/b7-6+,10-8+,11-9+. The quantitative estimate of drug-likeness (QED) is 0.0978. The first kappa shape index (κ1) is 37.3. The molecule has 6 aromatic rings. The summed E-state index contributed by atoms with van der Waals surface area (Å²) in [6, 6.07) is 43.6. The zero-order valence-corrected chi connectivity index (χ0v) is 28.9. The van der Waals surface area contributed by atoms with Crippen LogP contribution in [0.4, 0.5) is 43.4 Å². The molecule has 0 saturated heterocycles. The Kier molecular flexibility index (Phi) is 11.4. The van der Waals surface area contributed by atoms with Gasteiger partial charge in [0.2, 0.25) is 0 Å². The molecule has 0 aliphatic carbocycles. The van der Waals surface area contributed by atoms with Crippen LogP contribution in [0.2, 0.25) is 0 Å². The molecule has 0 aliphatic heterocycles. The van der Waals surface area contributed by atoms with Gasteiger partial charge < -0.3 is 14.4 Å². The largest absolute Gasteiger partial charge is 0.573 e. The number of anilines is 3. The summed E-state index contributed by atoms with van der Waals surface area (Å²) in [6.45, 7) is 2.05. The smallest absolute Gasteiger partial charge is 0.406 e. The van der Waals surface area contributed by atoms with Gasteiger partial charge in [-0.15, -0.1) is 26.3 Å². The lowest BCUT2D eigenvalue weighted by molar-refractivity contribution is -0.275. The molecule has 3 nitrogen and oxygen atoms in total. The van der Waals surface area contributed by atoms with Crippen LogP contribution in [-0.4, -0.2) is 12.7 Å². The van der Waals surface area contributed by atoms with Crippen LogP contribution in [0.1, 0.15) is 38.9 Å². The van der Waals surface area contributed by atoms with E-state index in [0.717, 1.165) is 39.3 Å². The van der Waals surface area contributed by atoms with E-state index in [-0.39, 0.29) is 11.5 Å². The van der Waals surface area contributed by atoms with Gasteiger partial charge in [0.25, 0.3) is 0 Å². The minimum absolute atomic E-state index is 0.281. The SMILES string of the molecule is Cc1ccc(/C=C/c2ccc(N(c3ccc(/C=C/c4ccc(OC(F)(F)F)cc4)cc3)c3ccc(/C=C/c4ccc(OC(F)(F)F)cc4)cc3)cc2)cc1. The Balaban J connectivity index is 1.22. The van der Waals surface area contributed by atoms with Crippen molar-refractivity contribution in [2.24, 2.45) is 0 Å². The molecule has 0 N–H and O–H groups in total. The van der Waals surface area contributed by atoms with Crippen LogP contribution in [-0.2, 0) is 0 Å². The van der Waals surface area contributed by atoms with Crippen molar-refractivity contribution in [3.63, 3.8) is 0 Å². The molecule has 6 aromatic carbocycles. The van der Waals surface area contributed by atoms with Crippen molar-refractivity contribution in [2.45, 2.75) is 19.6 Å². The van der Waals surface area contributed by atoms with Crippen LogP contribution in [0, 0.1) is 6.92 Å². The summed E-state index contributed by atoms with van der Waals surface area (Å²) < 4.78 is 83.0. The number of hydrogen-bond acceptors (Lipinski definition) is 3. The topological polar surface area (TPSA) is 21.7 Å². The summed E-state index contributed by atoms with van der Waals surface area (Å²) in [6.07, 6.45) is 2.01. The predicted molar refractivity (Wildman–Crippen MR) is 205 cm³/mol. The van der Waals surface area contributed by atoms with Gasteiger partial charge in [0.1, 0.15) is 11.5 Å². The molecule has 0 saturated carbocycles. The number of ether oxygens (including phenoxy) is 2. The van der Waals surface area contributed by atoms with Crippen molar-refractivity contribution in [3.8, 4) is 11.5 Å². The summed E-state index contributed by atoms with van der Waals surface area (Å²) >= 11 is 0. The van der Waals surface area contributed by atoms with Gasteiger partial charge in [0.05, 0.1) is 0 Å². The second-order valence-electron chi connectivity index (χ2n) is 12.3. The van der Waals surface area contributed by atoms with E-state index in [2.05, 4.69) is 82.0 Å². The molecule has 0 fully saturated rings. The third kappa shape index (κ3) is 11.0. The van der Waals surface area contributed by atoms with Crippen molar-refractivity contribution >= 4 is 53.5 Å². The molecule has 54 heavy (non-hydrogen) atoms. The van der Waals surface area contributed by atoms with E-state index in [1.165, 1.54) is 29.8 Å². The number of rotatable bonds is 11. The maximum absolute atomic E-state index is 12.5. The minimum atomic E-state index is -4.75. The van der Waals surface area contributed by atoms with Crippen molar-refractivity contribution in [1.29, 1.82) is 0 Å². The van der Waals surface area contributed by atoms with Gasteiger partial charge >= 0.3 is 12.7 Å². The number of alkyl halides is 6. The van der Waals surface area contributed by atoms with Crippen molar-refractivity contribution in [3.05, 3.63) is 185 Å². The molecule has 272 valence electrons. The number of halogens is 6. The number of aryl methyl sites for hydroxylation is 1. The highest BCUT2D eigenvalue weighted by Crippen LogP contribution is 2.35. The Bertz CT molecular complexity index is 2090. The molecular formula is C45H33F6NO2. The van der Waals surface area contributed by atoms with E-state index < -0.39 is 12.7 Å². The van der Waals surface area contributed by atoms with E-state index in [1.54, 1.807) is 24.3 Å². The third-order valence-corrected chi connectivity index (χ3v) is 8.16. The first-order chi connectivity index (χ1) is 25.8. The normalized spacial score (nSPS) is 12.1. The van der Waals surface area contributed by atoms with Crippen LogP contribution in [0.15, 0.2) is 146 Å². The first-order valence-corrected chi connectivity index (χ1v) is 16.8. The molecule has 0 unspecified atom stereocenters. The van der Waals surface area contributed by atoms with Crippen LogP contribution in [0.5, 0.6) is 11.5 Å². The van der Waals surface area contributed by atoms with Gasteiger partial charge in [-0.2, -0.15) is 0 Å². The molecule has 0 heterocycles. The average Bonchev–Trinajstić information content (AvgIpc) is 3.14. The first-order valence-electron chi connectivity index (χ1n) is 16.8. The molecule has 0 atom stereocenters. The molecule has 0 aromatic heterocycles. The van der Waals surface area contributed by atoms with E-state index >= 15 is 0 Å². The molecule has 6 rings (SSSR count). The molecular weight excluding hydrogens is 700 g/mol. The Morgan fingerprint density at radius 3 is 0.815 bits per heavy atom. The van der Waals surface area contributed by atoms with Gasteiger partial charge in [-0.1, -0.05) is 127 Å². The molecule has 0 bridgehead atoms. The fourth-order valence-electron chi connectivity index (χ4n) is 5.47. The van der Waals surface area contributed by atoms with E-state index in [1.807, 2.05) is 72.8 Å². The Hall–Kier alpha value is -6.48. The summed E-state index contributed by atoms with van der Waals surface area (Å²) in [5.41, 5.74) is 9.28. The van der Waals surface area contributed by atoms with Crippen LogP contribution in [0.25, 0.3) is 36.5 Å². The highest BCUT2D eigenvalue weighted by molar-refractivity contribution is 5.80. The van der Waals surface area contributed by atoms with Gasteiger partial charge in [-0.05, 0) is 101 Å². The number of hydrogen-bond donors (Lipinski definition) is 0. The number of benzene rings is 6. The lowest BCUT2D eigenvalue weighted by Crippen LogP contribution is -2.16. The average molecular weight is 734 g/mol.